The molecule has 0 radical (unpaired) electrons. The number of aromatic nitrogens is 2. The number of hydrogen-bond donors (Lipinski definition) is 2. The molecule has 0 bridgehead atoms. The molecular weight excluding hydrogens is 240 g/mol. The predicted octanol–water partition coefficient (Wildman–Crippen LogP) is 0.841. The van der Waals surface area contributed by atoms with Crippen molar-refractivity contribution in [1.82, 2.24) is 9.97 Å². The van der Waals surface area contributed by atoms with E-state index >= 15 is 0 Å². The lowest BCUT2D eigenvalue weighted by molar-refractivity contribution is 0.127. The van der Waals surface area contributed by atoms with Gasteiger partial charge in [0, 0.05) is 24.3 Å². The van der Waals surface area contributed by atoms with E-state index in [1.54, 1.807) is 18.0 Å². The predicted molar refractivity (Wildman–Crippen MR) is 64.2 cm³/mol. The smallest absolute Gasteiger partial charge is 0.191 e. The van der Waals surface area contributed by atoms with Crippen LogP contribution in [0.2, 0.25) is 0 Å². The topological polar surface area (TPSA) is 93.6 Å². The largest absolute Gasteiger partial charge is 0.409 e. The summed E-state index contributed by atoms with van der Waals surface area (Å²) in [5, 5.41) is 12.6. The van der Waals surface area contributed by atoms with Crippen molar-refractivity contribution >= 4 is 17.6 Å². The van der Waals surface area contributed by atoms with Crippen LogP contribution in [0, 0.1) is 0 Å². The van der Waals surface area contributed by atoms with Crippen LogP contribution >= 0.6 is 11.8 Å². The van der Waals surface area contributed by atoms with Gasteiger partial charge in [-0.3, -0.25) is 0 Å². The molecule has 0 spiro atoms. The summed E-state index contributed by atoms with van der Waals surface area (Å²) in [6, 6.07) is 0. The van der Waals surface area contributed by atoms with Crippen molar-refractivity contribution in [3.63, 3.8) is 0 Å². The van der Waals surface area contributed by atoms with Gasteiger partial charge in [-0.2, -0.15) is 0 Å². The van der Waals surface area contributed by atoms with Crippen LogP contribution in [-0.2, 0) is 4.74 Å². The third-order valence-corrected chi connectivity index (χ3v) is 4.03. The Labute approximate surface area is 103 Å². The maximum atomic E-state index is 8.69. The van der Waals surface area contributed by atoms with Gasteiger partial charge in [0.25, 0.3) is 0 Å². The van der Waals surface area contributed by atoms with E-state index in [0.29, 0.717) is 16.0 Å². The molecule has 6 nitrogen and oxygen atoms in total. The SMILES string of the molecule is CC1OCCC1Sc1nccnc1C(N)=NO. The second kappa shape index (κ2) is 5.33. The second-order valence-electron chi connectivity index (χ2n) is 3.72. The van der Waals surface area contributed by atoms with Crippen LogP contribution in [0.4, 0.5) is 0 Å². The van der Waals surface area contributed by atoms with Gasteiger partial charge in [-0.1, -0.05) is 16.9 Å². The normalized spacial score (nSPS) is 25.1. The molecule has 1 aromatic heterocycles. The molecular formula is C10H14N4O2S. The van der Waals surface area contributed by atoms with Crippen molar-refractivity contribution in [3.8, 4) is 0 Å². The third kappa shape index (κ3) is 2.67. The summed E-state index contributed by atoms with van der Waals surface area (Å²) >= 11 is 1.56. The van der Waals surface area contributed by atoms with E-state index < -0.39 is 0 Å². The molecule has 1 fully saturated rings. The lowest BCUT2D eigenvalue weighted by Crippen LogP contribution is -2.19. The van der Waals surface area contributed by atoms with E-state index in [9.17, 15) is 0 Å². The number of hydrogen-bond acceptors (Lipinski definition) is 6. The summed E-state index contributed by atoms with van der Waals surface area (Å²) in [4.78, 5) is 8.30. The molecule has 2 rings (SSSR count). The average Bonchev–Trinajstić information content (AvgIpc) is 2.75. The van der Waals surface area contributed by atoms with Crippen LogP contribution in [0.15, 0.2) is 22.6 Å². The molecule has 1 aliphatic heterocycles. The van der Waals surface area contributed by atoms with Crippen molar-refractivity contribution < 1.29 is 9.94 Å². The monoisotopic (exact) mass is 254 g/mol. The minimum absolute atomic E-state index is 0.0211. The fraction of sp³-hybridized carbons (Fsp3) is 0.500. The van der Waals surface area contributed by atoms with Gasteiger partial charge in [0.15, 0.2) is 5.84 Å². The first-order chi connectivity index (χ1) is 8.22. The molecule has 0 aliphatic carbocycles. The van der Waals surface area contributed by atoms with Crippen LogP contribution in [0.25, 0.3) is 0 Å². The number of thioether (sulfide) groups is 1. The molecule has 1 aromatic rings. The number of nitrogens with zero attached hydrogens (tertiary/aromatic N) is 3. The first-order valence-electron chi connectivity index (χ1n) is 5.29. The fourth-order valence-corrected chi connectivity index (χ4v) is 2.81. The molecule has 17 heavy (non-hydrogen) atoms. The lowest BCUT2D eigenvalue weighted by atomic mass is 10.3. The maximum Gasteiger partial charge on any atom is 0.191 e. The Morgan fingerprint density at radius 2 is 2.35 bits per heavy atom. The molecule has 2 heterocycles. The first kappa shape index (κ1) is 12.1. The molecule has 2 unspecified atom stereocenters. The Bertz CT molecular complexity index is 427. The van der Waals surface area contributed by atoms with E-state index in [2.05, 4.69) is 15.1 Å². The fourth-order valence-electron chi connectivity index (χ4n) is 1.64. The molecule has 0 aromatic carbocycles. The average molecular weight is 254 g/mol. The molecule has 0 saturated carbocycles. The minimum atomic E-state index is -0.0211. The number of amidine groups is 1. The van der Waals surface area contributed by atoms with Crippen LogP contribution in [0.5, 0.6) is 0 Å². The van der Waals surface area contributed by atoms with Crippen LogP contribution in [0.3, 0.4) is 0 Å². The van der Waals surface area contributed by atoms with Gasteiger partial charge in [-0.25, -0.2) is 9.97 Å². The molecule has 7 heteroatoms. The molecule has 1 aliphatic rings. The molecule has 92 valence electrons. The van der Waals surface area contributed by atoms with Gasteiger partial charge in [-0.15, -0.1) is 0 Å². The lowest BCUT2D eigenvalue weighted by Gasteiger charge is -2.13. The van der Waals surface area contributed by atoms with E-state index in [0.717, 1.165) is 13.0 Å². The Kier molecular flexibility index (Phi) is 3.80. The van der Waals surface area contributed by atoms with Crippen molar-refractivity contribution in [3.05, 3.63) is 18.1 Å². The highest BCUT2D eigenvalue weighted by atomic mass is 32.2. The zero-order valence-corrected chi connectivity index (χ0v) is 10.2. The quantitative estimate of drug-likeness (QED) is 0.359. The van der Waals surface area contributed by atoms with Gasteiger partial charge in [0.1, 0.15) is 10.7 Å². The van der Waals surface area contributed by atoms with E-state index in [-0.39, 0.29) is 11.9 Å². The highest BCUT2D eigenvalue weighted by Gasteiger charge is 2.27. The van der Waals surface area contributed by atoms with E-state index in [4.69, 9.17) is 15.7 Å². The third-order valence-electron chi connectivity index (χ3n) is 2.58. The van der Waals surface area contributed by atoms with Crippen LogP contribution in [-0.4, -0.2) is 39.0 Å². The van der Waals surface area contributed by atoms with Gasteiger partial charge < -0.3 is 15.7 Å². The van der Waals surface area contributed by atoms with Crippen molar-refractivity contribution in [1.29, 1.82) is 0 Å². The Hall–Kier alpha value is -1.34. The zero-order valence-electron chi connectivity index (χ0n) is 9.41. The number of nitrogens with two attached hydrogens (primary N) is 1. The maximum absolute atomic E-state index is 8.69. The highest BCUT2D eigenvalue weighted by molar-refractivity contribution is 8.00. The number of ether oxygens (including phenoxy) is 1. The highest BCUT2D eigenvalue weighted by Crippen LogP contribution is 2.32. The summed E-state index contributed by atoms with van der Waals surface area (Å²) in [6.45, 7) is 2.79. The van der Waals surface area contributed by atoms with E-state index in [1.165, 1.54) is 6.20 Å². The standard InChI is InChI=1S/C10H14N4O2S/c1-6-7(2-5-16-6)17-10-8(9(11)14-15)12-3-4-13-10/h3-4,6-7,15H,2,5H2,1H3,(H2,11,14). The van der Waals surface area contributed by atoms with Gasteiger partial charge in [-0.05, 0) is 13.3 Å². The summed E-state index contributed by atoms with van der Waals surface area (Å²) in [5.74, 6) is -0.0211. The van der Waals surface area contributed by atoms with Crippen LogP contribution in [0.1, 0.15) is 19.0 Å². The number of oxime groups is 1. The van der Waals surface area contributed by atoms with Crippen molar-refractivity contribution in [2.75, 3.05) is 6.61 Å². The van der Waals surface area contributed by atoms with E-state index in [1.807, 2.05) is 6.92 Å². The Morgan fingerprint density at radius 3 is 3.00 bits per heavy atom. The number of rotatable bonds is 3. The van der Waals surface area contributed by atoms with Gasteiger partial charge in [0.2, 0.25) is 0 Å². The first-order valence-corrected chi connectivity index (χ1v) is 6.17. The van der Waals surface area contributed by atoms with Crippen LogP contribution < -0.4 is 5.73 Å². The summed E-state index contributed by atoms with van der Waals surface area (Å²) in [6.07, 6.45) is 4.27. The Morgan fingerprint density at radius 1 is 1.59 bits per heavy atom. The molecule has 1 saturated heterocycles. The van der Waals surface area contributed by atoms with Crippen molar-refractivity contribution in [2.45, 2.75) is 29.7 Å². The molecule has 3 N–H and O–H groups in total. The molecule has 0 amide bonds. The molecule has 2 atom stereocenters. The summed E-state index contributed by atoms with van der Waals surface area (Å²) in [7, 11) is 0. The van der Waals surface area contributed by atoms with Gasteiger partial charge >= 0.3 is 0 Å². The van der Waals surface area contributed by atoms with Crippen molar-refractivity contribution in [2.24, 2.45) is 10.9 Å². The summed E-state index contributed by atoms with van der Waals surface area (Å²) in [5.41, 5.74) is 5.97. The second-order valence-corrected chi connectivity index (χ2v) is 4.94. The van der Waals surface area contributed by atoms with Gasteiger partial charge in [0.05, 0.1) is 6.10 Å². The summed E-state index contributed by atoms with van der Waals surface area (Å²) < 4.78 is 5.48. The zero-order chi connectivity index (χ0) is 12.3. The minimum Gasteiger partial charge on any atom is -0.409 e. The Balaban J connectivity index is 2.20.